The molecule has 0 fully saturated rings. The van der Waals surface area contributed by atoms with Crippen molar-refractivity contribution in [2.75, 3.05) is 0 Å². The van der Waals surface area contributed by atoms with Crippen LogP contribution in [0, 0.1) is 6.92 Å². The summed E-state index contributed by atoms with van der Waals surface area (Å²) in [4.78, 5) is 11.7. The normalized spacial score (nSPS) is 10.7. The van der Waals surface area contributed by atoms with Crippen molar-refractivity contribution in [3.63, 3.8) is 0 Å². The van der Waals surface area contributed by atoms with E-state index in [0.717, 1.165) is 11.1 Å². The number of benzene rings is 2. The first kappa shape index (κ1) is 14.4. The van der Waals surface area contributed by atoms with E-state index in [0.29, 0.717) is 11.6 Å². The molecule has 0 saturated heterocycles. The van der Waals surface area contributed by atoms with E-state index in [1.807, 2.05) is 49.4 Å². The van der Waals surface area contributed by atoms with Crippen LogP contribution in [-0.4, -0.2) is 5.91 Å². The van der Waals surface area contributed by atoms with Gasteiger partial charge in [-0.25, -0.2) is 0 Å². The highest BCUT2D eigenvalue weighted by Crippen LogP contribution is 2.16. The first-order chi connectivity index (χ1) is 9.65. The van der Waals surface area contributed by atoms with Crippen LogP contribution in [0.5, 0.6) is 0 Å². The van der Waals surface area contributed by atoms with Crippen molar-refractivity contribution in [3.05, 3.63) is 76.3 Å². The highest BCUT2D eigenvalue weighted by atomic mass is 35.5. The van der Waals surface area contributed by atoms with Crippen LogP contribution in [0.25, 0.3) is 6.08 Å². The molecule has 2 nitrogen and oxygen atoms in total. The number of carbonyl (C=O) groups is 1. The second-order valence-corrected chi connectivity index (χ2v) is 4.97. The Morgan fingerprint density at radius 3 is 2.55 bits per heavy atom. The lowest BCUT2D eigenvalue weighted by molar-refractivity contribution is -0.116. The molecule has 20 heavy (non-hydrogen) atoms. The highest BCUT2D eigenvalue weighted by molar-refractivity contribution is 6.32. The van der Waals surface area contributed by atoms with Gasteiger partial charge in [-0.15, -0.1) is 0 Å². The van der Waals surface area contributed by atoms with Gasteiger partial charge in [0.05, 0.1) is 0 Å². The summed E-state index contributed by atoms with van der Waals surface area (Å²) in [5.74, 6) is -0.134. The number of aryl methyl sites for hydroxylation is 1. The van der Waals surface area contributed by atoms with Crippen LogP contribution in [0.2, 0.25) is 5.02 Å². The summed E-state index contributed by atoms with van der Waals surface area (Å²) in [5.41, 5.74) is 3.12. The van der Waals surface area contributed by atoms with E-state index in [2.05, 4.69) is 5.32 Å². The van der Waals surface area contributed by atoms with Gasteiger partial charge in [0.2, 0.25) is 5.91 Å². The third kappa shape index (κ3) is 4.25. The Bertz CT molecular complexity index is 617. The fourth-order valence-corrected chi connectivity index (χ4v) is 1.93. The summed E-state index contributed by atoms with van der Waals surface area (Å²) in [7, 11) is 0. The number of halogens is 1. The topological polar surface area (TPSA) is 29.1 Å². The summed E-state index contributed by atoms with van der Waals surface area (Å²) in [6.45, 7) is 2.56. The summed E-state index contributed by atoms with van der Waals surface area (Å²) >= 11 is 6.01. The lowest BCUT2D eigenvalue weighted by Crippen LogP contribution is -2.20. The van der Waals surface area contributed by atoms with Crippen LogP contribution >= 0.6 is 11.6 Å². The molecule has 3 heteroatoms. The maximum absolute atomic E-state index is 11.7. The molecule has 2 aromatic carbocycles. The third-order valence-electron chi connectivity index (χ3n) is 2.91. The average molecular weight is 286 g/mol. The zero-order chi connectivity index (χ0) is 14.4. The molecule has 0 aliphatic heterocycles. The molecule has 2 aromatic rings. The Morgan fingerprint density at radius 1 is 1.15 bits per heavy atom. The molecule has 1 amide bonds. The van der Waals surface area contributed by atoms with Crippen LogP contribution in [0.4, 0.5) is 0 Å². The number of hydrogen-bond donors (Lipinski definition) is 1. The Kier molecular flexibility index (Phi) is 4.97. The minimum absolute atomic E-state index is 0.134. The van der Waals surface area contributed by atoms with Gasteiger partial charge < -0.3 is 5.32 Å². The predicted octanol–water partition coefficient (Wildman–Crippen LogP) is 3.98. The third-order valence-corrected chi connectivity index (χ3v) is 3.25. The average Bonchev–Trinajstić information content (AvgIpc) is 2.46. The van der Waals surface area contributed by atoms with Crippen molar-refractivity contribution in [2.24, 2.45) is 0 Å². The number of hydrogen-bond acceptors (Lipinski definition) is 1. The van der Waals surface area contributed by atoms with Gasteiger partial charge in [-0.3, -0.25) is 4.79 Å². The molecule has 0 bridgehead atoms. The van der Waals surface area contributed by atoms with Crippen molar-refractivity contribution >= 4 is 23.6 Å². The fourth-order valence-electron chi connectivity index (χ4n) is 1.73. The van der Waals surface area contributed by atoms with Crippen LogP contribution in [0.15, 0.2) is 54.6 Å². The lowest BCUT2D eigenvalue weighted by Gasteiger charge is -2.03. The van der Waals surface area contributed by atoms with Gasteiger partial charge in [0.1, 0.15) is 0 Å². The van der Waals surface area contributed by atoms with Crippen LogP contribution < -0.4 is 5.32 Å². The van der Waals surface area contributed by atoms with Crippen molar-refractivity contribution in [2.45, 2.75) is 13.5 Å². The summed E-state index contributed by atoms with van der Waals surface area (Å²) in [5, 5.41) is 3.47. The van der Waals surface area contributed by atoms with Gasteiger partial charge in [-0.2, -0.15) is 0 Å². The van der Waals surface area contributed by atoms with Crippen molar-refractivity contribution in [1.82, 2.24) is 5.32 Å². The molecule has 0 heterocycles. The SMILES string of the molecule is Cc1ccc(CNC(=O)/C=C/c2ccccc2Cl)cc1. The molecule has 0 spiro atoms. The molecule has 0 radical (unpaired) electrons. The van der Waals surface area contributed by atoms with Gasteiger partial charge in [-0.1, -0.05) is 59.6 Å². The smallest absolute Gasteiger partial charge is 0.244 e. The Morgan fingerprint density at radius 2 is 1.85 bits per heavy atom. The molecule has 2 rings (SSSR count). The van der Waals surface area contributed by atoms with Crippen LogP contribution in [0.1, 0.15) is 16.7 Å². The van der Waals surface area contributed by atoms with Gasteiger partial charge in [0.25, 0.3) is 0 Å². The molecule has 0 saturated carbocycles. The van der Waals surface area contributed by atoms with Crippen molar-refractivity contribution in [1.29, 1.82) is 0 Å². The minimum atomic E-state index is -0.134. The monoisotopic (exact) mass is 285 g/mol. The van der Waals surface area contributed by atoms with Gasteiger partial charge in [-0.05, 0) is 30.2 Å². The Balaban J connectivity index is 1.90. The second-order valence-electron chi connectivity index (χ2n) is 4.56. The first-order valence-corrected chi connectivity index (χ1v) is 6.79. The van der Waals surface area contributed by atoms with Crippen LogP contribution in [0.3, 0.4) is 0 Å². The molecule has 0 atom stereocenters. The number of carbonyl (C=O) groups excluding carboxylic acids is 1. The first-order valence-electron chi connectivity index (χ1n) is 6.41. The zero-order valence-electron chi connectivity index (χ0n) is 11.3. The second kappa shape index (κ2) is 6.92. The van der Waals surface area contributed by atoms with Crippen LogP contribution in [-0.2, 0) is 11.3 Å². The number of amides is 1. The van der Waals surface area contributed by atoms with E-state index >= 15 is 0 Å². The molecule has 0 aromatic heterocycles. The standard InChI is InChI=1S/C17H16ClNO/c1-13-6-8-14(9-7-13)12-19-17(20)11-10-15-4-2-3-5-16(15)18/h2-11H,12H2,1H3,(H,19,20)/b11-10+. The quantitative estimate of drug-likeness (QED) is 0.846. The molecule has 1 N–H and O–H groups in total. The van der Waals surface area contributed by atoms with E-state index < -0.39 is 0 Å². The Hall–Kier alpha value is -2.06. The van der Waals surface area contributed by atoms with E-state index in [4.69, 9.17) is 11.6 Å². The molecule has 0 aliphatic rings. The van der Waals surface area contributed by atoms with Crippen molar-refractivity contribution in [3.8, 4) is 0 Å². The molecule has 0 unspecified atom stereocenters. The molecule has 0 aliphatic carbocycles. The van der Waals surface area contributed by atoms with Gasteiger partial charge in [0, 0.05) is 17.6 Å². The van der Waals surface area contributed by atoms with E-state index in [1.165, 1.54) is 11.6 Å². The summed E-state index contributed by atoms with van der Waals surface area (Å²) < 4.78 is 0. The zero-order valence-corrected chi connectivity index (χ0v) is 12.0. The molecule has 102 valence electrons. The van der Waals surface area contributed by atoms with Gasteiger partial charge >= 0.3 is 0 Å². The molecular formula is C17H16ClNO. The predicted molar refractivity (Wildman–Crippen MR) is 83.5 cm³/mol. The van der Waals surface area contributed by atoms with E-state index in [9.17, 15) is 4.79 Å². The highest BCUT2D eigenvalue weighted by Gasteiger charge is 1.98. The minimum Gasteiger partial charge on any atom is -0.348 e. The van der Waals surface area contributed by atoms with E-state index in [1.54, 1.807) is 12.1 Å². The maximum Gasteiger partial charge on any atom is 0.244 e. The van der Waals surface area contributed by atoms with E-state index in [-0.39, 0.29) is 5.91 Å². The fraction of sp³-hybridized carbons (Fsp3) is 0.118. The summed E-state index contributed by atoms with van der Waals surface area (Å²) in [6.07, 6.45) is 3.21. The molecular weight excluding hydrogens is 270 g/mol. The maximum atomic E-state index is 11.7. The summed E-state index contributed by atoms with van der Waals surface area (Å²) in [6, 6.07) is 15.5. The van der Waals surface area contributed by atoms with Crippen molar-refractivity contribution < 1.29 is 4.79 Å². The number of rotatable bonds is 4. The Labute approximate surface area is 124 Å². The number of nitrogens with one attached hydrogen (secondary N) is 1. The van der Waals surface area contributed by atoms with Gasteiger partial charge in [0.15, 0.2) is 0 Å². The largest absolute Gasteiger partial charge is 0.348 e. The lowest BCUT2D eigenvalue weighted by atomic mass is 10.1.